The molecule has 7 rings (SSSR count). The van der Waals surface area contributed by atoms with E-state index in [-0.39, 0.29) is 40.9 Å². The molecule has 0 radical (unpaired) electrons. The molecule has 1 aliphatic heterocycles. The van der Waals surface area contributed by atoms with E-state index in [0.29, 0.717) is 6.61 Å². The van der Waals surface area contributed by atoms with Gasteiger partial charge < -0.3 is 4.74 Å². The summed E-state index contributed by atoms with van der Waals surface area (Å²) in [4.78, 5) is 26.1. The first-order chi connectivity index (χ1) is 16.7. The number of ether oxygens (including phenoxy) is 1. The average Bonchev–Trinajstić information content (AvgIpc) is 3.47. The normalized spacial score (nSPS) is 27.9. The highest BCUT2D eigenvalue weighted by Crippen LogP contribution is 2.73. The molecule has 168 valence electrons. The van der Waals surface area contributed by atoms with E-state index in [2.05, 4.69) is 41.5 Å². The Morgan fingerprint density at radius 2 is 1.56 bits per heavy atom. The molecule has 4 aliphatic rings. The fourth-order valence-electron chi connectivity index (χ4n) is 6.53. The molecule has 34 heavy (non-hydrogen) atoms. The zero-order chi connectivity index (χ0) is 22.9. The summed E-state index contributed by atoms with van der Waals surface area (Å²) >= 11 is 0. The van der Waals surface area contributed by atoms with Gasteiger partial charge in [-0.3, -0.25) is 9.59 Å². The van der Waals surface area contributed by atoms with Crippen molar-refractivity contribution in [2.24, 2.45) is 34.2 Å². The van der Waals surface area contributed by atoms with Crippen molar-refractivity contribution in [2.45, 2.75) is 19.4 Å². The Bertz CT molecular complexity index is 1350. The van der Waals surface area contributed by atoms with Crippen LogP contribution in [0.5, 0.6) is 5.75 Å². The first-order valence-electron chi connectivity index (χ1n) is 12.0. The number of hydrogen-bond acceptors (Lipinski definition) is 4. The molecule has 2 saturated carbocycles. The maximum absolute atomic E-state index is 13.0. The van der Waals surface area contributed by atoms with Crippen molar-refractivity contribution in [1.82, 2.24) is 5.01 Å². The predicted molar refractivity (Wildman–Crippen MR) is 129 cm³/mol. The van der Waals surface area contributed by atoms with Crippen LogP contribution in [0.15, 0.2) is 84.0 Å². The maximum atomic E-state index is 13.0. The molecule has 4 atom stereocenters. The third kappa shape index (κ3) is 2.76. The topological polar surface area (TPSA) is 59.0 Å². The summed E-state index contributed by atoms with van der Waals surface area (Å²) < 4.78 is 6.00. The van der Waals surface area contributed by atoms with Crippen LogP contribution >= 0.6 is 0 Å². The third-order valence-corrected chi connectivity index (χ3v) is 8.31. The predicted octanol–water partition coefficient (Wildman–Crippen LogP) is 4.95. The molecule has 2 bridgehead atoms. The second kappa shape index (κ2) is 7.13. The summed E-state index contributed by atoms with van der Waals surface area (Å²) in [7, 11) is 0. The van der Waals surface area contributed by atoms with Crippen LogP contribution in [0.4, 0.5) is 0 Å². The lowest BCUT2D eigenvalue weighted by Crippen LogP contribution is -2.30. The van der Waals surface area contributed by atoms with Gasteiger partial charge in [-0.2, -0.15) is 10.1 Å². The number of allylic oxidation sites excluding steroid dienone is 2. The van der Waals surface area contributed by atoms with Gasteiger partial charge in [0.15, 0.2) is 0 Å². The van der Waals surface area contributed by atoms with Gasteiger partial charge in [0.25, 0.3) is 11.8 Å². The first kappa shape index (κ1) is 19.7. The van der Waals surface area contributed by atoms with Gasteiger partial charge >= 0.3 is 0 Å². The van der Waals surface area contributed by atoms with E-state index in [0.717, 1.165) is 34.7 Å². The molecular formula is C29H24N2O3. The minimum atomic E-state index is -0.216. The average molecular weight is 449 g/mol. The lowest BCUT2D eigenvalue weighted by Gasteiger charge is -2.18. The van der Waals surface area contributed by atoms with Gasteiger partial charge in [-0.05, 0) is 76.3 Å². The van der Waals surface area contributed by atoms with Crippen molar-refractivity contribution < 1.29 is 14.3 Å². The largest absolute Gasteiger partial charge is 0.489 e. The van der Waals surface area contributed by atoms with Crippen LogP contribution in [0.1, 0.15) is 24.0 Å². The number of imide groups is 1. The third-order valence-electron chi connectivity index (χ3n) is 8.31. The number of carbonyl (C=O) groups excluding carboxylic acids is 2. The highest BCUT2D eigenvalue weighted by Gasteiger charge is 2.73. The molecule has 0 unspecified atom stereocenters. The molecule has 5 heteroatoms. The number of amides is 2. The van der Waals surface area contributed by atoms with Crippen LogP contribution in [0.3, 0.4) is 0 Å². The SMILES string of the molecule is O=C1[C@@H]2[C@H](C(=O)N1/N=C\c1ccc(OCc3cccc4ccccc34)cc1)[C@H]1C=C[C@H]2C12CC2. The van der Waals surface area contributed by atoms with Gasteiger partial charge in [-0.25, -0.2) is 0 Å². The molecule has 3 aliphatic carbocycles. The quantitative estimate of drug-likeness (QED) is 0.315. The molecule has 3 aromatic rings. The van der Waals surface area contributed by atoms with Crippen molar-refractivity contribution in [2.75, 3.05) is 0 Å². The van der Waals surface area contributed by atoms with Gasteiger partial charge in [-0.15, -0.1) is 0 Å². The van der Waals surface area contributed by atoms with Crippen molar-refractivity contribution in [3.63, 3.8) is 0 Å². The molecule has 1 saturated heterocycles. The van der Waals surface area contributed by atoms with E-state index in [4.69, 9.17) is 4.74 Å². The van der Waals surface area contributed by atoms with E-state index < -0.39 is 0 Å². The smallest absolute Gasteiger partial charge is 0.254 e. The van der Waals surface area contributed by atoms with Crippen molar-refractivity contribution in [3.8, 4) is 5.75 Å². The van der Waals surface area contributed by atoms with Crippen molar-refractivity contribution in [1.29, 1.82) is 0 Å². The number of benzene rings is 3. The van der Waals surface area contributed by atoms with Gasteiger partial charge in [0.05, 0.1) is 18.1 Å². The van der Waals surface area contributed by atoms with Crippen LogP contribution in [-0.2, 0) is 16.2 Å². The molecule has 0 N–H and O–H groups in total. The van der Waals surface area contributed by atoms with Crippen LogP contribution in [0, 0.1) is 29.1 Å². The van der Waals surface area contributed by atoms with Crippen molar-refractivity contribution >= 4 is 28.8 Å². The van der Waals surface area contributed by atoms with E-state index >= 15 is 0 Å². The Morgan fingerprint density at radius 3 is 2.26 bits per heavy atom. The van der Waals surface area contributed by atoms with Gasteiger partial charge in [-0.1, -0.05) is 54.6 Å². The highest BCUT2D eigenvalue weighted by atomic mass is 16.5. The fourth-order valence-corrected chi connectivity index (χ4v) is 6.53. The monoisotopic (exact) mass is 448 g/mol. The number of fused-ring (bicyclic) bond motifs is 4. The molecule has 1 heterocycles. The zero-order valence-corrected chi connectivity index (χ0v) is 18.6. The number of nitrogens with zero attached hydrogens (tertiary/aromatic N) is 2. The maximum Gasteiger partial charge on any atom is 0.254 e. The molecular weight excluding hydrogens is 424 g/mol. The summed E-state index contributed by atoms with van der Waals surface area (Å²) in [6.07, 6.45) is 8.22. The fraction of sp³-hybridized carbons (Fsp3) is 0.276. The number of carbonyl (C=O) groups is 2. The van der Waals surface area contributed by atoms with E-state index in [1.54, 1.807) is 6.21 Å². The molecule has 0 aromatic heterocycles. The number of hydrogen-bond donors (Lipinski definition) is 0. The number of rotatable bonds is 5. The van der Waals surface area contributed by atoms with E-state index in [9.17, 15) is 9.59 Å². The summed E-state index contributed by atoms with van der Waals surface area (Å²) in [6, 6.07) is 22.0. The molecule has 5 nitrogen and oxygen atoms in total. The lowest BCUT2D eigenvalue weighted by atomic mass is 9.85. The lowest BCUT2D eigenvalue weighted by molar-refractivity contribution is -0.141. The van der Waals surface area contributed by atoms with E-state index in [1.807, 2.05) is 42.5 Å². The Hall–Kier alpha value is -3.73. The Balaban J connectivity index is 1.03. The Morgan fingerprint density at radius 1 is 0.882 bits per heavy atom. The minimum absolute atomic E-state index is 0.135. The van der Waals surface area contributed by atoms with Crippen LogP contribution in [0.25, 0.3) is 10.8 Å². The number of hydrazone groups is 1. The zero-order valence-electron chi connectivity index (χ0n) is 18.6. The second-order valence-corrected chi connectivity index (χ2v) is 9.95. The summed E-state index contributed by atoms with van der Waals surface area (Å²) in [5.41, 5.74) is 2.16. The summed E-state index contributed by atoms with van der Waals surface area (Å²) in [5.74, 6) is 0.493. The molecule has 1 spiro atoms. The van der Waals surface area contributed by atoms with Crippen LogP contribution < -0.4 is 4.74 Å². The minimum Gasteiger partial charge on any atom is -0.489 e. The Labute approximate surface area is 197 Å². The standard InChI is InChI=1S/C29H24N2O3/c32-27-25-23-12-13-24(29(23)14-15-29)26(25)28(33)31(27)30-16-18-8-10-21(11-9-18)34-17-20-6-3-5-19-4-1-2-7-22(19)20/h1-13,16,23-26H,14-15,17H2/b30-16-/t23-,24-,25-,26+/m1/s1. The summed E-state index contributed by atoms with van der Waals surface area (Å²) in [5, 5.41) is 7.80. The molecule has 3 aromatic carbocycles. The highest BCUT2D eigenvalue weighted by molar-refractivity contribution is 6.07. The second-order valence-electron chi connectivity index (χ2n) is 9.95. The van der Waals surface area contributed by atoms with Crippen molar-refractivity contribution in [3.05, 3.63) is 90.0 Å². The van der Waals surface area contributed by atoms with Gasteiger partial charge in [0.2, 0.25) is 0 Å². The molecule has 2 amide bonds. The first-order valence-corrected chi connectivity index (χ1v) is 12.0. The summed E-state index contributed by atoms with van der Waals surface area (Å²) in [6.45, 7) is 0.478. The van der Waals surface area contributed by atoms with Gasteiger partial charge in [0, 0.05) is 0 Å². The Kier molecular flexibility index (Phi) is 4.14. The van der Waals surface area contributed by atoms with Crippen LogP contribution in [-0.4, -0.2) is 23.0 Å². The molecule has 3 fully saturated rings. The van der Waals surface area contributed by atoms with E-state index in [1.165, 1.54) is 10.8 Å². The van der Waals surface area contributed by atoms with Crippen LogP contribution in [0.2, 0.25) is 0 Å². The van der Waals surface area contributed by atoms with Gasteiger partial charge in [0.1, 0.15) is 12.4 Å².